The summed E-state index contributed by atoms with van der Waals surface area (Å²) >= 11 is 0. The summed E-state index contributed by atoms with van der Waals surface area (Å²) in [7, 11) is 1.31. The zero-order valence-corrected chi connectivity index (χ0v) is 16.7. The van der Waals surface area contributed by atoms with Crippen LogP contribution >= 0.6 is 0 Å². The lowest BCUT2D eigenvalue weighted by molar-refractivity contribution is -0.144. The first-order chi connectivity index (χ1) is 14.0. The molecule has 7 nitrogen and oxygen atoms in total. The van der Waals surface area contributed by atoms with Crippen molar-refractivity contribution in [1.29, 1.82) is 0 Å². The van der Waals surface area contributed by atoms with E-state index in [0.29, 0.717) is 12.2 Å². The van der Waals surface area contributed by atoms with Crippen molar-refractivity contribution in [2.75, 3.05) is 7.11 Å². The van der Waals surface area contributed by atoms with Crippen molar-refractivity contribution < 1.29 is 14.3 Å². The minimum absolute atomic E-state index is 0.00934. The fourth-order valence-corrected chi connectivity index (χ4v) is 2.93. The highest BCUT2D eigenvalue weighted by atomic mass is 16.5. The van der Waals surface area contributed by atoms with Gasteiger partial charge in [0.05, 0.1) is 12.8 Å². The van der Waals surface area contributed by atoms with Crippen LogP contribution in [0, 0.1) is 5.92 Å². The van der Waals surface area contributed by atoms with Crippen molar-refractivity contribution in [3.05, 3.63) is 66.5 Å². The zero-order chi connectivity index (χ0) is 20.8. The summed E-state index contributed by atoms with van der Waals surface area (Å²) in [6, 6.07) is 18.2. The van der Waals surface area contributed by atoms with Crippen molar-refractivity contribution >= 4 is 11.9 Å². The number of nitrogens with one attached hydrogen (secondary N) is 1. The molecule has 0 aliphatic carbocycles. The van der Waals surface area contributed by atoms with Crippen LogP contribution < -0.4 is 5.32 Å². The van der Waals surface area contributed by atoms with Crippen molar-refractivity contribution in [3.8, 4) is 17.1 Å². The fourth-order valence-electron chi connectivity index (χ4n) is 2.93. The lowest BCUT2D eigenvalue weighted by Gasteiger charge is -2.20. The van der Waals surface area contributed by atoms with Gasteiger partial charge in [0, 0.05) is 5.56 Å². The molecule has 0 spiro atoms. The second kappa shape index (κ2) is 9.14. The molecule has 1 N–H and O–H groups in total. The zero-order valence-electron chi connectivity index (χ0n) is 16.7. The highest BCUT2D eigenvalue weighted by Crippen LogP contribution is 2.21. The molecule has 0 fully saturated rings. The Kier molecular flexibility index (Phi) is 6.39. The predicted molar refractivity (Wildman–Crippen MR) is 110 cm³/mol. The average molecular weight is 392 g/mol. The van der Waals surface area contributed by atoms with Crippen LogP contribution in [0.25, 0.3) is 17.1 Å². The van der Waals surface area contributed by atoms with E-state index in [4.69, 9.17) is 4.74 Å². The van der Waals surface area contributed by atoms with Crippen molar-refractivity contribution in [3.63, 3.8) is 0 Å². The fraction of sp³-hybridized carbons (Fsp3) is 0.273. The molecule has 0 radical (unpaired) electrons. The molecule has 150 valence electrons. The molecule has 0 bridgehead atoms. The van der Waals surface area contributed by atoms with Crippen LogP contribution in [0.2, 0.25) is 0 Å². The second-order valence-corrected chi connectivity index (χ2v) is 6.73. The maximum Gasteiger partial charge on any atom is 0.328 e. The minimum atomic E-state index is -0.763. The predicted octanol–water partition coefficient (Wildman–Crippen LogP) is 3.25. The van der Waals surface area contributed by atoms with E-state index in [1.165, 1.54) is 7.11 Å². The molecule has 2 aromatic carbocycles. The summed E-state index contributed by atoms with van der Waals surface area (Å²) in [5, 5.41) is 7.15. The normalized spacial score (nSPS) is 12.8. The maximum absolute atomic E-state index is 12.9. The number of para-hydroxylation sites is 1. The summed E-state index contributed by atoms with van der Waals surface area (Å²) in [6.07, 6.45) is 0.710. The van der Waals surface area contributed by atoms with Crippen LogP contribution in [0.5, 0.6) is 0 Å². The number of rotatable bonds is 7. The van der Waals surface area contributed by atoms with Gasteiger partial charge in [0.1, 0.15) is 6.04 Å². The van der Waals surface area contributed by atoms with Gasteiger partial charge in [0.15, 0.2) is 5.82 Å². The Morgan fingerprint density at radius 3 is 2.28 bits per heavy atom. The Balaban J connectivity index is 1.98. The van der Waals surface area contributed by atoms with E-state index in [9.17, 15) is 9.59 Å². The maximum atomic E-state index is 12.9. The molecular weight excluding hydrogens is 368 g/mol. The first-order valence-corrected chi connectivity index (χ1v) is 9.51. The van der Waals surface area contributed by atoms with E-state index < -0.39 is 17.9 Å². The Labute approximate surface area is 169 Å². The third-order valence-electron chi connectivity index (χ3n) is 4.80. The Hall–Kier alpha value is -3.48. The molecule has 3 aromatic rings. The summed E-state index contributed by atoms with van der Waals surface area (Å²) < 4.78 is 6.47. The van der Waals surface area contributed by atoms with Gasteiger partial charge in [-0.1, -0.05) is 68.8 Å². The standard InChI is InChI=1S/C22H24N4O3/c1-4-15(2)18(22(28)29-3)23-21(27)19-24-20(16-11-7-5-8-12-16)26(25-19)17-13-9-6-10-14-17/h5-15,18H,4H2,1-3H3,(H,23,27). The topological polar surface area (TPSA) is 86.1 Å². The number of hydrogen-bond acceptors (Lipinski definition) is 5. The van der Waals surface area contributed by atoms with Gasteiger partial charge < -0.3 is 10.1 Å². The molecule has 0 saturated carbocycles. The highest BCUT2D eigenvalue weighted by molar-refractivity contribution is 5.94. The average Bonchev–Trinajstić information content (AvgIpc) is 3.23. The molecule has 2 unspecified atom stereocenters. The number of carbonyl (C=O) groups is 2. The van der Waals surface area contributed by atoms with E-state index in [2.05, 4.69) is 15.4 Å². The molecule has 1 heterocycles. The number of ether oxygens (including phenoxy) is 1. The van der Waals surface area contributed by atoms with E-state index in [-0.39, 0.29) is 11.7 Å². The Morgan fingerprint density at radius 1 is 1.07 bits per heavy atom. The van der Waals surface area contributed by atoms with E-state index in [1.54, 1.807) is 4.68 Å². The summed E-state index contributed by atoms with van der Waals surface area (Å²) in [6.45, 7) is 3.83. The number of nitrogens with zero attached hydrogens (tertiary/aromatic N) is 3. The number of hydrogen-bond donors (Lipinski definition) is 1. The number of methoxy groups -OCH3 is 1. The first kappa shape index (κ1) is 20.3. The monoisotopic (exact) mass is 392 g/mol. The number of benzene rings is 2. The van der Waals surface area contributed by atoms with Crippen molar-refractivity contribution in [1.82, 2.24) is 20.1 Å². The Morgan fingerprint density at radius 2 is 1.69 bits per heavy atom. The van der Waals surface area contributed by atoms with Gasteiger partial charge in [-0.3, -0.25) is 4.79 Å². The van der Waals surface area contributed by atoms with Crippen LogP contribution in [0.15, 0.2) is 60.7 Å². The third-order valence-corrected chi connectivity index (χ3v) is 4.80. The summed E-state index contributed by atoms with van der Waals surface area (Å²) in [5.41, 5.74) is 1.61. The molecule has 0 aliphatic heterocycles. The quantitative estimate of drug-likeness (QED) is 0.624. The Bertz CT molecular complexity index is 913. The summed E-state index contributed by atoms with van der Waals surface area (Å²) in [5.74, 6) is -0.563. The van der Waals surface area contributed by atoms with Gasteiger partial charge in [-0.15, -0.1) is 5.10 Å². The van der Waals surface area contributed by atoms with Crippen molar-refractivity contribution in [2.24, 2.45) is 5.92 Å². The number of amides is 1. The number of esters is 1. The molecule has 7 heteroatoms. The molecule has 3 rings (SSSR count). The smallest absolute Gasteiger partial charge is 0.328 e. The minimum Gasteiger partial charge on any atom is -0.467 e. The van der Waals surface area contributed by atoms with Crippen LogP contribution in [0.3, 0.4) is 0 Å². The van der Waals surface area contributed by atoms with E-state index in [0.717, 1.165) is 11.3 Å². The van der Waals surface area contributed by atoms with Crippen LogP contribution in [0.1, 0.15) is 30.9 Å². The van der Waals surface area contributed by atoms with Gasteiger partial charge in [-0.05, 0) is 18.1 Å². The van der Waals surface area contributed by atoms with Crippen LogP contribution in [-0.2, 0) is 9.53 Å². The molecule has 1 amide bonds. The second-order valence-electron chi connectivity index (χ2n) is 6.73. The number of carbonyl (C=O) groups excluding carboxylic acids is 2. The highest BCUT2D eigenvalue weighted by Gasteiger charge is 2.29. The molecule has 2 atom stereocenters. The lowest BCUT2D eigenvalue weighted by atomic mass is 9.99. The van der Waals surface area contributed by atoms with Crippen molar-refractivity contribution in [2.45, 2.75) is 26.3 Å². The number of aromatic nitrogens is 3. The molecule has 1 aromatic heterocycles. The molecule has 0 aliphatic rings. The van der Waals surface area contributed by atoms with E-state index in [1.807, 2.05) is 74.5 Å². The van der Waals surface area contributed by atoms with Gasteiger partial charge >= 0.3 is 5.97 Å². The lowest BCUT2D eigenvalue weighted by Crippen LogP contribution is -2.46. The third kappa shape index (κ3) is 4.51. The SMILES string of the molecule is CCC(C)C(NC(=O)c1nc(-c2ccccc2)n(-c2ccccc2)n1)C(=O)OC. The van der Waals surface area contributed by atoms with Crippen LogP contribution in [0.4, 0.5) is 0 Å². The molecule has 29 heavy (non-hydrogen) atoms. The van der Waals surface area contributed by atoms with Gasteiger partial charge in [0.25, 0.3) is 5.91 Å². The largest absolute Gasteiger partial charge is 0.467 e. The van der Waals surface area contributed by atoms with Gasteiger partial charge in [-0.25, -0.2) is 14.5 Å². The summed E-state index contributed by atoms with van der Waals surface area (Å²) in [4.78, 5) is 29.4. The molecular formula is C22H24N4O3. The van der Waals surface area contributed by atoms with Crippen LogP contribution in [-0.4, -0.2) is 39.8 Å². The van der Waals surface area contributed by atoms with Gasteiger partial charge in [0.2, 0.25) is 5.82 Å². The first-order valence-electron chi connectivity index (χ1n) is 9.51. The van der Waals surface area contributed by atoms with E-state index >= 15 is 0 Å². The molecule has 0 saturated heterocycles. The van der Waals surface area contributed by atoms with Gasteiger partial charge in [-0.2, -0.15) is 0 Å².